The van der Waals surface area contributed by atoms with E-state index >= 15 is 0 Å². The quantitative estimate of drug-likeness (QED) is 0.630. The monoisotopic (exact) mass is 304 g/mol. The molecule has 2 rings (SSSR count). The number of anilines is 1. The molecule has 1 N–H and O–H groups in total. The zero-order valence-electron chi connectivity index (χ0n) is 11.7. The smallest absolute Gasteiger partial charge is 0.226 e. The first kappa shape index (κ1) is 15.2. The van der Waals surface area contributed by atoms with Crippen LogP contribution in [-0.4, -0.2) is 23.8 Å². The molecule has 0 unspecified atom stereocenters. The lowest BCUT2D eigenvalue weighted by Gasteiger charge is -2.06. The molecule has 6 heteroatoms. The first-order valence-corrected chi connectivity index (χ1v) is 7.39. The van der Waals surface area contributed by atoms with Crippen molar-refractivity contribution < 1.29 is 14.3 Å². The summed E-state index contributed by atoms with van der Waals surface area (Å²) < 4.78 is 5.50. The Labute approximate surface area is 127 Å². The van der Waals surface area contributed by atoms with E-state index in [-0.39, 0.29) is 5.91 Å². The van der Waals surface area contributed by atoms with Gasteiger partial charge in [-0.1, -0.05) is 12.1 Å². The van der Waals surface area contributed by atoms with Crippen molar-refractivity contribution in [3.8, 4) is 5.75 Å². The topological polar surface area (TPSA) is 68.3 Å². The Kier molecular flexibility index (Phi) is 5.45. The highest BCUT2D eigenvalue weighted by molar-refractivity contribution is 7.15. The largest absolute Gasteiger partial charge is 0.494 e. The van der Waals surface area contributed by atoms with Crippen molar-refractivity contribution in [3.63, 3.8) is 0 Å². The number of nitrogens with zero attached hydrogens (tertiary/aromatic N) is 1. The minimum absolute atomic E-state index is 0.0745. The molecule has 0 aliphatic heterocycles. The summed E-state index contributed by atoms with van der Waals surface area (Å²) in [7, 11) is 0. The van der Waals surface area contributed by atoms with E-state index in [0.29, 0.717) is 35.9 Å². The fourth-order valence-corrected chi connectivity index (χ4v) is 2.38. The van der Waals surface area contributed by atoms with Crippen molar-refractivity contribution in [3.05, 3.63) is 40.9 Å². The molecule has 0 radical (unpaired) electrons. The molecule has 0 atom stereocenters. The predicted octanol–water partition coefficient (Wildman–Crippen LogP) is 3.06. The third kappa shape index (κ3) is 5.00. The number of carbonyl (C=O) groups excluding carboxylic acids is 2. The molecule has 21 heavy (non-hydrogen) atoms. The number of rotatable bonds is 7. The lowest BCUT2D eigenvalue weighted by molar-refractivity contribution is -0.116. The molecule has 0 saturated carbocycles. The van der Waals surface area contributed by atoms with Crippen molar-refractivity contribution in [2.75, 3.05) is 11.9 Å². The molecule has 5 nitrogen and oxygen atoms in total. The fourth-order valence-electron chi connectivity index (χ4n) is 1.69. The number of aldehydes is 1. The Balaban J connectivity index is 1.69. The van der Waals surface area contributed by atoms with Crippen LogP contribution in [0.25, 0.3) is 0 Å². The number of amides is 1. The van der Waals surface area contributed by atoms with E-state index in [1.54, 1.807) is 30.5 Å². The molecular formula is C15H16N2O3S. The third-order valence-electron chi connectivity index (χ3n) is 2.68. The minimum atomic E-state index is -0.0745. The van der Waals surface area contributed by atoms with Crippen LogP contribution in [0.2, 0.25) is 0 Å². The van der Waals surface area contributed by atoms with Crippen molar-refractivity contribution in [2.24, 2.45) is 0 Å². The van der Waals surface area contributed by atoms with E-state index in [4.69, 9.17) is 4.74 Å². The average molecular weight is 304 g/mol. The van der Waals surface area contributed by atoms with Crippen LogP contribution >= 0.6 is 11.3 Å². The van der Waals surface area contributed by atoms with E-state index < -0.39 is 0 Å². The van der Waals surface area contributed by atoms with Crippen molar-refractivity contribution >= 4 is 28.7 Å². The van der Waals surface area contributed by atoms with Gasteiger partial charge in [0.15, 0.2) is 5.13 Å². The second-order valence-electron chi connectivity index (χ2n) is 4.47. The number of ether oxygens (including phenoxy) is 1. The first-order chi connectivity index (χ1) is 10.2. The van der Waals surface area contributed by atoms with E-state index in [2.05, 4.69) is 10.3 Å². The van der Waals surface area contributed by atoms with E-state index in [0.717, 1.165) is 11.2 Å². The maximum absolute atomic E-state index is 11.7. The zero-order chi connectivity index (χ0) is 15.1. The molecule has 0 aliphatic carbocycles. The molecule has 1 amide bonds. The van der Waals surface area contributed by atoms with Crippen LogP contribution in [0.1, 0.15) is 28.1 Å². The summed E-state index contributed by atoms with van der Waals surface area (Å²) in [5, 5.41) is 3.37. The highest BCUT2D eigenvalue weighted by Crippen LogP contribution is 2.17. The molecule has 0 saturated heterocycles. The number of benzene rings is 1. The Morgan fingerprint density at radius 1 is 1.48 bits per heavy atom. The normalized spacial score (nSPS) is 10.1. The first-order valence-electron chi connectivity index (χ1n) is 6.57. The van der Waals surface area contributed by atoms with Crippen LogP contribution < -0.4 is 10.1 Å². The van der Waals surface area contributed by atoms with Gasteiger partial charge < -0.3 is 10.1 Å². The van der Waals surface area contributed by atoms with Crippen molar-refractivity contribution in [1.82, 2.24) is 4.98 Å². The van der Waals surface area contributed by atoms with Gasteiger partial charge in [-0.2, -0.15) is 0 Å². The molecular weight excluding hydrogens is 288 g/mol. The van der Waals surface area contributed by atoms with Gasteiger partial charge in [-0.05, 0) is 25.5 Å². The van der Waals surface area contributed by atoms with Gasteiger partial charge in [-0.3, -0.25) is 9.59 Å². The molecule has 1 aromatic carbocycles. The molecule has 2 aromatic rings. The Bertz CT molecular complexity index is 625. The van der Waals surface area contributed by atoms with Gasteiger partial charge in [0.25, 0.3) is 0 Å². The van der Waals surface area contributed by atoms with Gasteiger partial charge in [0.1, 0.15) is 12.0 Å². The molecule has 110 valence electrons. The summed E-state index contributed by atoms with van der Waals surface area (Å²) in [6.45, 7) is 2.36. The van der Waals surface area contributed by atoms with Gasteiger partial charge >= 0.3 is 0 Å². The summed E-state index contributed by atoms with van der Waals surface area (Å²) in [5.74, 6) is 0.560. The fraction of sp³-hybridized carbons (Fsp3) is 0.267. The Hall–Kier alpha value is -2.21. The zero-order valence-corrected chi connectivity index (χ0v) is 12.5. The lowest BCUT2D eigenvalue weighted by atomic mass is 10.2. The summed E-state index contributed by atoms with van der Waals surface area (Å²) >= 11 is 1.45. The summed E-state index contributed by atoms with van der Waals surface area (Å²) in [6, 6.07) is 6.93. The van der Waals surface area contributed by atoms with Gasteiger partial charge in [0.05, 0.1) is 6.61 Å². The summed E-state index contributed by atoms with van der Waals surface area (Å²) in [6.07, 6.45) is 3.47. The van der Waals surface area contributed by atoms with Gasteiger partial charge in [-0.25, -0.2) is 4.98 Å². The molecule has 1 aromatic heterocycles. The number of aryl methyl sites for hydroxylation is 1. The number of aromatic nitrogens is 1. The second kappa shape index (κ2) is 7.54. The van der Waals surface area contributed by atoms with Crippen LogP contribution in [0, 0.1) is 6.92 Å². The summed E-state index contributed by atoms with van der Waals surface area (Å²) in [5.41, 5.74) is 0.574. The number of thiazole rings is 1. The van der Waals surface area contributed by atoms with E-state index in [9.17, 15) is 9.59 Å². The number of carbonyl (C=O) groups is 2. The third-order valence-corrected chi connectivity index (χ3v) is 3.51. The maximum Gasteiger partial charge on any atom is 0.226 e. The van der Waals surface area contributed by atoms with E-state index in [1.165, 1.54) is 11.3 Å². The Morgan fingerprint density at radius 2 is 2.33 bits per heavy atom. The Morgan fingerprint density at radius 3 is 3.05 bits per heavy atom. The van der Waals surface area contributed by atoms with Crippen LogP contribution in [-0.2, 0) is 4.79 Å². The predicted molar refractivity (Wildman–Crippen MR) is 82.0 cm³/mol. The molecule has 0 aliphatic rings. The maximum atomic E-state index is 11.7. The minimum Gasteiger partial charge on any atom is -0.494 e. The van der Waals surface area contributed by atoms with Crippen LogP contribution in [0.4, 0.5) is 5.13 Å². The highest BCUT2D eigenvalue weighted by Gasteiger charge is 2.05. The molecule has 0 spiro atoms. The SMILES string of the molecule is Cc1cnc(NC(=O)CCCOc2cccc(C=O)c2)s1. The standard InChI is InChI=1S/C15H16N2O3S/c1-11-9-16-15(21-11)17-14(19)6-3-7-20-13-5-2-4-12(8-13)10-18/h2,4-5,8-10H,3,6-7H2,1H3,(H,16,17,19). The number of hydrogen-bond donors (Lipinski definition) is 1. The number of hydrogen-bond acceptors (Lipinski definition) is 5. The lowest BCUT2D eigenvalue weighted by Crippen LogP contribution is -2.12. The van der Waals surface area contributed by atoms with Crippen LogP contribution in [0.5, 0.6) is 5.75 Å². The average Bonchev–Trinajstić information content (AvgIpc) is 2.89. The summed E-state index contributed by atoms with van der Waals surface area (Å²) in [4.78, 5) is 27.5. The molecule has 0 fully saturated rings. The molecule has 1 heterocycles. The second-order valence-corrected chi connectivity index (χ2v) is 5.70. The van der Waals surface area contributed by atoms with Gasteiger partial charge in [-0.15, -0.1) is 11.3 Å². The molecule has 0 bridgehead atoms. The van der Waals surface area contributed by atoms with E-state index in [1.807, 2.05) is 6.92 Å². The van der Waals surface area contributed by atoms with Crippen molar-refractivity contribution in [2.45, 2.75) is 19.8 Å². The van der Waals surface area contributed by atoms with Crippen LogP contribution in [0.3, 0.4) is 0 Å². The van der Waals surface area contributed by atoms with Crippen molar-refractivity contribution in [1.29, 1.82) is 0 Å². The number of nitrogens with one attached hydrogen (secondary N) is 1. The van der Waals surface area contributed by atoms with Gasteiger partial charge in [0.2, 0.25) is 5.91 Å². The highest BCUT2D eigenvalue weighted by atomic mass is 32.1. The van der Waals surface area contributed by atoms with Gasteiger partial charge in [0, 0.05) is 23.1 Å². The van der Waals surface area contributed by atoms with Crippen LogP contribution in [0.15, 0.2) is 30.5 Å².